The Hall–Kier alpha value is -0.810. The Balaban J connectivity index is 0.00000264. The van der Waals surface area contributed by atoms with Crippen molar-refractivity contribution in [1.82, 2.24) is 9.80 Å². The second-order valence-corrected chi connectivity index (χ2v) is 6.47. The first-order valence-corrected chi connectivity index (χ1v) is 8.37. The maximum absolute atomic E-state index is 12.1. The Morgan fingerprint density at radius 1 is 1.25 bits per heavy atom. The first-order chi connectivity index (χ1) is 10.6. The molecule has 1 amide bonds. The monoisotopic (exact) mass is 375 g/mol. The molecule has 1 aliphatic heterocycles. The molecule has 0 unspecified atom stereocenters. The van der Waals surface area contributed by atoms with E-state index in [0.717, 1.165) is 45.4 Å². The molecule has 24 heavy (non-hydrogen) atoms. The van der Waals surface area contributed by atoms with E-state index in [1.807, 2.05) is 11.8 Å². The molecule has 138 valence electrons. The largest absolute Gasteiger partial charge is 0.341 e. The second kappa shape index (κ2) is 11.7. The van der Waals surface area contributed by atoms with Gasteiger partial charge in [0.05, 0.1) is 6.04 Å². The van der Waals surface area contributed by atoms with Crippen molar-refractivity contribution in [2.75, 3.05) is 26.7 Å². The minimum Gasteiger partial charge on any atom is -0.341 e. The molecular weight excluding hydrogens is 345 g/mol. The molecule has 1 aromatic rings. The highest BCUT2D eigenvalue weighted by atomic mass is 35.5. The van der Waals surface area contributed by atoms with Gasteiger partial charge < -0.3 is 15.5 Å². The Labute approximate surface area is 158 Å². The van der Waals surface area contributed by atoms with Crippen molar-refractivity contribution < 1.29 is 4.79 Å². The van der Waals surface area contributed by atoms with Crippen LogP contribution in [0.2, 0.25) is 0 Å². The van der Waals surface area contributed by atoms with Crippen molar-refractivity contribution >= 4 is 30.7 Å². The van der Waals surface area contributed by atoms with E-state index in [-0.39, 0.29) is 36.8 Å². The fraction of sp³-hybridized carbons (Fsp3) is 0.611. The number of nitrogens with two attached hydrogens (primary N) is 1. The molecular formula is C18H31Cl2N3O. The standard InChI is InChI=1S/C18H29N3O.2ClH/c1-3-17(19)18(22)21-11-9-16(10-12-21)14-20(2)13-15-7-5-4-6-8-15;;/h4-8,16-17H,3,9-14,19H2,1-2H3;2*1H/t17-;;/m0../s1. The van der Waals surface area contributed by atoms with Gasteiger partial charge in [-0.05, 0) is 37.8 Å². The lowest BCUT2D eigenvalue weighted by atomic mass is 9.95. The number of benzene rings is 1. The zero-order valence-electron chi connectivity index (χ0n) is 14.7. The molecule has 1 fully saturated rings. The molecule has 2 N–H and O–H groups in total. The summed E-state index contributed by atoms with van der Waals surface area (Å²) in [5.41, 5.74) is 7.20. The van der Waals surface area contributed by atoms with Crippen LogP contribution in [0.15, 0.2) is 30.3 Å². The van der Waals surface area contributed by atoms with Crippen molar-refractivity contribution in [2.24, 2.45) is 11.7 Å². The van der Waals surface area contributed by atoms with Gasteiger partial charge in [-0.3, -0.25) is 4.79 Å². The number of nitrogens with zero attached hydrogens (tertiary/aromatic N) is 2. The normalized spacial score (nSPS) is 16.2. The third kappa shape index (κ3) is 6.98. The number of carbonyl (C=O) groups is 1. The van der Waals surface area contributed by atoms with Gasteiger partial charge >= 0.3 is 0 Å². The number of piperidine rings is 1. The summed E-state index contributed by atoms with van der Waals surface area (Å²) in [6.45, 7) is 5.76. The molecule has 1 heterocycles. The number of rotatable bonds is 6. The van der Waals surface area contributed by atoms with E-state index in [9.17, 15) is 4.79 Å². The maximum Gasteiger partial charge on any atom is 0.239 e. The fourth-order valence-electron chi connectivity index (χ4n) is 3.15. The van der Waals surface area contributed by atoms with Gasteiger partial charge in [-0.1, -0.05) is 37.3 Å². The van der Waals surface area contributed by atoms with E-state index in [1.165, 1.54) is 5.56 Å². The van der Waals surface area contributed by atoms with Crippen molar-refractivity contribution in [3.05, 3.63) is 35.9 Å². The van der Waals surface area contributed by atoms with Crippen LogP contribution >= 0.6 is 24.8 Å². The van der Waals surface area contributed by atoms with Gasteiger partial charge in [0.25, 0.3) is 0 Å². The maximum atomic E-state index is 12.1. The summed E-state index contributed by atoms with van der Waals surface area (Å²) in [6, 6.07) is 10.2. The first kappa shape index (κ1) is 23.2. The highest BCUT2D eigenvalue weighted by Gasteiger charge is 2.25. The quantitative estimate of drug-likeness (QED) is 0.831. The van der Waals surface area contributed by atoms with Crippen molar-refractivity contribution in [1.29, 1.82) is 0 Å². The Bertz CT molecular complexity index is 465. The molecule has 2 rings (SSSR count). The molecule has 6 heteroatoms. The fourth-order valence-corrected chi connectivity index (χ4v) is 3.15. The van der Waals surface area contributed by atoms with Crippen molar-refractivity contribution in [3.63, 3.8) is 0 Å². The van der Waals surface area contributed by atoms with E-state index >= 15 is 0 Å². The Morgan fingerprint density at radius 3 is 2.38 bits per heavy atom. The van der Waals surface area contributed by atoms with E-state index in [1.54, 1.807) is 0 Å². The lowest BCUT2D eigenvalue weighted by Gasteiger charge is -2.35. The molecule has 1 atom stereocenters. The van der Waals surface area contributed by atoms with Crippen LogP contribution in [0.4, 0.5) is 0 Å². The van der Waals surface area contributed by atoms with Gasteiger partial charge in [-0.25, -0.2) is 0 Å². The average Bonchev–Trinajstić information content (AvgIpc) is 2.55. The molecule has 0 aromatic heterocycles. The molecule has 4 nitrogen and oxygen atoms in total. The molecule has 0 radical (unpaired) electrons. The topological polar surface area (TPSA) is 49.6 Å². The number of amides is 1. The summed E-state index contributed by atoms with van der Waals surface area (Å²) < 4.78 is 0. The minimum absolute atomic E-state index is 0. The predicted octanol–water partition coefficient (Wildman–Crippen LogP) is 2.94. The highest BCUT2D eigenvalue weighted by Crippen LogP contribution is 2.19. The minimum atomic E-state index is -0.322. The number of hydrogen-bond acceptors (Lipinski definition) is 3. The highest BCUT2D eigenvalue weighted by molar-refractivity contribution is 5.85. The van der Waals surface area contributed by atoms with E-state index in [0.29, 0.717) is 5.92 Å². The number of halogens is 2. The van der Waals surface area contributed by atoms with Crippen molar-refractivity contribution in [3.8, 4) is 0 Å². The molecule has 1 saturated heterocycles. The molecule has 1 aliphatic rings. The number of carbonyl (C=O) groups excluding carboxylic acids is 1. The zero-order valence-corrected chi connectivity index (χ0v) is 16.3. The first-order valence-electron chi connectivity index (χ1n) is 8.37. The van der Waals surface area contributed by atoms with Gasteiger partial charge in [0.15, 0.2) is 0 Å². The van der Waals surface area contributed by atoms with E-state index in [2.05, 4.69) is 42.3 Å². The van der Waals surface area contributed by atoms with Crippen LogP contribution in [0.3, 0.4) is 0 Å². The summed E-state index contributed by atoms with van der Waals surface area (Å²) in [7, 11) is 2.18. The molecule has 0 aliphatic carbocycles. The van der Waals surface area contributed by atoms with Gasteiger partial charge in [0, 0.05) is 26.2 Å². The molecule has 1 aromatic carbocycles. The molecule has 0 saturated carbocycles. The Kier molecular flexibility index (Phi) is 11.3. The Morgan fingerprint density at radius 2 is 1.83 bits per heavy atom. The van der Waals surface area contributed by atoms with Gasteiger partial charge in [-0.2, -0.15) is 0 Å². The van der Waals surface area contributed by atoms with Crippen LogP contribution in [0.25, 0.3) is 0 Å². The average molecular weight is 376 g/mol. The summed E-state index contributed by atoms with van der Waals surface area (Å²) in [6.07, 6.45) is 2.89. The van der Waals surface area contributed by atoms with Crippen LogP contribution in [0.5, 0.6) is 0 Å². The van der Waals surface area contributed by atoms with Crippen LogP contribution < -0.4 is 5.73 Å². The zero-order chi connectivity index (χ0) is 15.9. The predicted molar refractivity (Wildman–Crippen MR) is 105 cm³/mol. The van der Waals surface area contributed by atoms with E-state index < -0.39 is 0 Å². The number of likely N-dealkylation sites (tertiary alicyclic amines) is 1. The van der Waals surface area contributed by atoms with Crippen LogP contribution in [-0.2, 0) is 11.3 Å². The molecule has 0 bridgehead atoms. The lowest BCUT2D eigenvalue weighted by molar-refractivity contribution is -0.134. The summed E-state index contributed by atoms with van der Waals surface area (Å²) in [5.74, 6) is 0.800. The number of hydrogen-bond donors (Lipinski definition) is 1. The third-order valence-electron chi connectivity index (χ3n) is 4.55. The van der Waals surface area contributed by atoms with Gasteiger partial charge in [-0.15, -0.1) is 24.8 Å². The summed E-state index contributed by atoms with van der Waals surface area (Å²) in [5, 5.41) is 0. The smallest absolute Gasteiger partial charge is 0.239 e. The van der Waals surface area contributed by atoms with Gasteiger partial charge in [0.1, 0.15) is 0 Å². The summed E-state index contributed by atoms with van der Waals surface area (Å²) in [4.78, 5) is 16.4. The SMILES string of the molecule is CC[C@H](N)C(=O)N1CCC(CN(C)Cc2ccccc2)CC1.Cl.Cl. The molecule has 0 spiro atoms. The lowest BCUT2D eigenvalue weighted by Crippen LogP contribution is -2.47. The van der Waals surface area contributed by atoms with E-state index in [4.69, 9.17) is 5.73 Å². The van der Waals surface area contributed by atoms with Crippen molar-refractivity contribution in [2.45, 2.75) is 38.8 Å². The third-order valence-corrected chi connectivity index (χ3v) is 4.55. The summed E-state index contributed by atoms with van der Waals surface area (Å²) >= 11 is 0. The van der Waals surface area contributed by atoms with Gasteiger partial charge in [0.2, 0.25) is 5.91 Å². The van der Waals surface area contributed by atoms with Crippen LogP contribution in [0.1, 0.15) is 31.7 Å². The van der Waals surface area contributed by atoms with Crippen LogP contribution in [-0.4, -0.2) is 48.4 Å². The second-order valence-electron chi connectivity index (χ2n) is 6.47. The van der Waals surface area contributed by atoms with Crippen LogP contribution in [0, 0.1) is 5.92 Å².